The zero-order chi connectivity index (χ0) is 34.9. The molecule has 11 nitrogen and oxygen atoms in total. The van der Waals surface area contributed by atoms with Crippen LogP contribution in [-0.4, -0.2) is 55.0 Å². The van der Waals surface area contributed by atoms with E-state index in [2.05, 4.69) is 67.9 Å². The van der Waals surface area contributed by atoms with Crippen molar-refractivity contribution in [2.75, 3.05) is 13.2 Å². The number of tetrazole rings is 1. The number of ether oxygens (including phenoxy) is 1. The Bertz CT molecular complexity index is 1790. The summed E-state index contributed by atoms with van der Waals surface area (Å²) in [5.41, 5.74) is 5.40. The van der Waals surface area contributed by atoms with Crippen LogP contribution in [0, 0.1) is 5.41 Å². The number of H-pyrrole nitrogens is 1. The molecule has 1 saturated carbocycles. The van der Waals surface area contributed by atoms with E-state index in [1.165, 1.54) is 0 Å². The average Bonchev–Trinajstić information content (AvgIpc) is 3.79. The van der Waals surface area contributed by atoms with E-state index in [1.54, 1.807) is 0 Å². The molecule has 50 heavy (non-hydrogen) atoms. The lowest BCUT2D eigenvalue weighted by molar-refractivity contribution is -0.145. The molecule has 0 radical (unpaired) electrons. The van der Waals surface area contributed by atoms with Crippen LogP contribution in [0.1, 0.15) is 114 Å². The molecule has 11 heteroatoms. The Morgan fingerprint density at radius 2 is 1.74 bits per heavy atom. The van der Waals surface area contributed by atoms with Gasteiger partial charge in [0.25, 0.3) is 5.56 Å². The molecule has 2 aliphatic rings. The van der Waals surface area contributed by atoms with E-state index in [4.69, 9.17) is 4.74 Å². The molecule has 1 unspecified atom stereocenters. The molecule has 0 spiro atoms. The van der Waals surface area contributed by atoms with Crippen molar-refractivity contribution in [3.8, 4) is 22.5 Å². The lowest BCUT2D eigenvalue weighted by atomic mass is 9.66. The van der Waals surface area contributed by atoms with Crippen LogP contribution in [0.2, 0.25) is 0 Å². The van der Waals surface area contributed by atoms with E-state index < -0.39 is 5.41 Å². The van der Waals surface area contributed by atoms with Gasteiger partial charge in [-0.2, -0.15) is 5.21 Å². The van der Waals surface area contributed by atoms with Gasteiger partial charge in [-0.3, -0.25) is 19.1 Å². The van der Waals surface area contributed by atoms with Crippen molar-refractivity contribution < 1.29 is 14.3 Å². The van der Waals surface area contributed by atoms with E-state index in [1.807, 2.05) is 29.8 Å². The summed E-state index contributed by atoms with van der Waals surface area (Å²) in [5, 5.41) is 17.8. The minimum atomic E-state index is -0.607. The van der Waals surface area contributed by atoms with Crippen molar-refractivity contribution >= 4 is 11.9 Å². The highest BCUT2D eigenvalue weighted by atomic mass is 16.5. The fourth-order valence-electron chi connectivity index (χ4n) is 8.09. The molecule has 2 N–H and O–H groups in total. The first-order chi connectivity index (χ1) is 24.5. The molecule has 1 aliphatic carbocycles. The fraction of sp³-hybridized carbons (Fsp3) is 0.538. The molecule has 0 saturated heterocycles. The van der Waals surface area contributed by atoms with E-state index in [-0.39, 0.29) is 30.1 Å². The molecule has 6 rings (SSSR count). The van der Waals surface area contributed by atoms with Crippen LogP contribution in [-0.2, 0) is 33.7 Å². The topological polar surface area (TPSA) is 137 Å². The fourth-order valence-corrected chi connectivity index (χ4v) is 8.09. The lowest BCUT2D eigenvalue weighted by Crippen LogP contribution is -2.51. The van der Waals surface area contributed by atoms with E-state index in [0.717, 1.165) is 111 Å². The average molecular weight is 682 g/mol. The summed E-state index contributed by atoms with van der Waals surface area (Å²) in [7, 11) is 0. The Kier molecular flexibility index (Phi) is 11.6. The van der Waals surface area contributed by atoms with Gasteiger partial charge in [0.05, 0.1) is 18.0 Å². The Labute approximate surface area is 294 Å². The van der Waals surface area contributed by atoms with E-state index in [0.29, 0.717) is 31.8 Å². The third-order valence-corrected chi connectivity index (χ3v) is 10.7. The zero-order valence-electron chi connectivity index (χ0n) is 29.6. The van der Waals surface area contributed by atoms with Gasteiger partial charge >= 0.3 is 5.97 Å². The number of carbonyl (C=O) groups excluding carboxylic acids is 2. The second-order valence-electron chi connectivity index (χ2n) is 13.9. The number of carbonyl (C=O) groups is 2. The first-order valence-corrected chi connectivity index (χ1v) is 18.7. The normalized spacial score (nSPS) is 16.9. The number of nitrogens with zero attached hydrogens (tertiary/aromatic N) is 5. The summed E-state index contributed by atoms with van der Waals surface area (Å²) in [6, 6.07) is 16.3. The van der Waals surface area contributed by atoms with Gasteiger partial charge in [0.15, 0.2) is 0 Å². The predicted molar refractivity (Wildman–Crippen MR) is 192 cm³/mol. The van der Waals surface area contributed by atoms with Gasteiger partial charge in [-0.05, 0) is 66.8 Å². The molecule has 4 aromatic rings. The molecule has 2 aromatic heterocycles. The van der Waals surface area contributed by atoms with Gasteiger partial charge in [-0.1, -0.05) is 94.5 Å². The Balaban J connectivity index is 1.28. The summed E-state index contributed by atoms with van der Waals surface area (Å²) < 4.78 is 9.61. The second-order valence-corrected chi connectivity index (χ2v) is 13.9. The van der Waals surface area contributed by atoms with Gasteiger partial charge in [0.1, 0.15) is 6.61 Å². The number of amides is 1. The first kappa shape index (κ1) is 35.3. The SMILES string of the molecule is CCCCC(=O)OCCNC(=O)C1(C2CCCn3c(=O)c(Cc4ccc(-c5ccccc5-c5nn[nH]n5)cc4)c(CCCC)n32)CCCCC1. The molecular weight excluding hydrogens is 630 g/mol. The summed E-state index contributed by atoms with van der Waals surface area (Å²) in [6.45, 7) is 5.36. The van der Waals surface area contributed by atoms with Crippen LogP contribution in [0.15, 0.2) is 53.3 Å². The van der Waals surface area contributed by atoms with Gasteiger partial charge in [-0.15, -0.1) is 10.2 Å². The van der Waals surface area contributed by atoms with Crippen LogP contribution in [0.3, 0.4) is 0 Å². The molecule has 2 aromatic carbocycles. The Morgan fingerprint density at radius 1 is 0.980 bits per heavy atom. The van der Waals surface area contributed by atoms with Crippen LogP contribution in [0.4, 0.5) is 0 Å². The van der Waals surface area contributed by atoms with Gasteiger partial charge < -0.3 is 10.1 Å². The maximum absolute atomic E-state index is 14.3. The summed E-state index contributed by atoms with van der Waals surface area (Å²) in [5.74, 6) is 0.358. The van der Waals surface area contributed by atoms with Crippen LogP contribution in [0.25, 0.3) is 22.5 Å². The summed E-state index contributed by atoms with van der Waals surface area (Å²) in [6.07, 6.45) is 11.9. The number of hydrogen-bond acceptors (Lipinski definition) is 7. The van der Waals surface area contributed by atoms with Crippen molar-refractivity contribution in [3.05, 3.63) is 75.7 Å². The van der Waals surface area contributed by atoms with Crippen molar-refractivity contribution in [1.82, 2.24) is 35.3 Å². The molecule has 1 fully saturated rings. The Morgan fingerprint density at radius 3 is 2.46 bits per heavy atom. The predicted octanol–water partition coefficient (Wildman–Crippen LogP) is 6.57. The Hall–Kier alpha value is -4.54. The van der Waals surface area contributed by atoms with Crippen molar-refractivity contribution in [2.24, 2.45) is 5.41 Å². The van der Waals surface area contributed by atoms with E-state index >= 15 is 0 Å². The first-order valence-electron chi connectivity index (χ1n) is 18.7. The smallest absolute Gasteiger partial charge is 0.305 e. The number of rotatable bonds is 15. The van der Waals surface area contributed by atoms with Crippen molar-refractivity contribution in [3.63, 3.8) is 0 Å². The third-order valence-electron chi connectivity index (χ3n) is 10.7. The standard InChI is InChI=1S/C39H51N7O4/c1-3-5-15-33-32(27-28-18-20-29(21-19-28)30-13-8-9-14-31(30)36-41-43-44-42-36)37(48)45-25-12-16-34(46(33)45)39(22-10-7-11-23-39)38(49)40-24-26-50-35(47)17-6-4-2/h8-9,13-14,18-21,34H,3-7,10-12,15-17,22-27H2,1-2H3,(H,40,49)(H,41,42,43,44). The lowest BCUT2D eigenvalue weighted by Gasteiger charge is -2.45. The molecule has 0 bridgehead atoms. The maximum Gasteiger partial charge on any atom is 0.305 e. The highest BCUT2D eigenvalue weighted by molar-refractivity contribution is 5.83. The quantitative estimate of drug-likeness (QED) is 0.107. The van der Waals surface area contributed by atoms with Crippen molar-refractivity contribution in [2.45, 2.75) is 116 Å². The summed E-state index contributed by atoms with van der Waals surface area (Å²) in [4.78, 5) is 40.6. The molecule has 1 amide bonds. The van der Waals surface area contributed by atoms with Gasteiger partial charge in [0.2, 0.25) is 11.7 Å². The number of hydrogen-bond donors (Lipinski definition) is 2. The van der Waals surface area contributed by atoms with Crippen LogP contribution < -0.4 is 10.9 Å². The molecular formula is C39H51N7O4. The molecule has 3 heterocycles. The number of fused-ring (bicyclic) bond motifs is 1. The minimum Gasteiger partial charge on any atom is -0.464 e. The molecule has 1 atom stereocenters. The summed E-state index contributed by atoms with van der Waals surface area (Å²) >= 11 is 0. The number of nitrogens with one attached hydrogen (secondary N) is 2. The number of benzene rings is 2. The monoisotopic (exact) mass is 681 g/mol. The molecule has 266 valence electrons. The number of aromatic nitrogens is 6. The van der Waals surface area contributed by atoms with Gasteiger partial charge in [0, 0.05) is 36.2 Å². The molecule has 1 aliphatic heterocycles. The zero-order valence-corrected chi connectivity index (χ0v) is 29.6. The van der Waals surface area contributed by atoms with Crippen molar-refractivity contribution in [1.29, 1.82) is 0 Å². The highest BCUT2D eigenvalue weighted by Crippen LogP contribution is 2.49. The minimum absolute atomic E-state index is 0.0288. The maximum atomic E-state index is 14.3. The second kappa shape index (κ2) is 16.4. The van der Waals surface area contributed by atoms with Crippen LogP contribution in [0.5, 0.6) is 0 Å². The third kappa shape index (κ3) is 7.46. The number of aromatic amines is 1. The van der Waals surface area contributed by atoms with Gasteiger partial charge in [-0.25, -0.2) is 4.68 Å². The number of unbranched alkanes of at least 4 members (excludes halogenated alkanes) is 2. The largest absolute Gasteiger partial charge is 0.464 e. The van der Waals surface area contributed by atoms with E-state index in [9.17, 15) is 14.4 Å². The highest BCUT2D eigenvalue weighted by Gasteiger charge is 2.49. The number of esters is 1. The van der Waals surface area contributed by atoms with Crippen LogP contribution >= 0.6 is 0 Å².